The Balaban J connectivity index is 1.88. The number of anilines is 1. The molecule has 0 aliphatic carbocycles. The largest absolute Gasteiger partial charge is 0.492 e. The van der Waals surface area contributed by atoms with E-state index in [0.29, 0.717) is 24.4 Å². The van der Waals surface area contributed by atoms with Crippen molar-refractivity contribution in [3.05, 3.63) is 66.2 Å². The summed E-state index contributed by atoms with van der Waals surface area (Å²) >= 11 is 0. The van der Waals surface area contributed by atoms with Gasteiger partial charge in [0.05, 0.1) is 5.70 Å². The van der Waals surface area contributed by atoms with Crippen LogP contribution in [0.15, 0.2) is 55.1 Å². The van der Waals surface area contributed by atoms with E-state index in [1.54, 1.807) is 4.90 Å². The summed E-state index contributed by atoms with van der Waals surface area (Å²) in [5, 5.41) is 0. The van der Waals surface area contributed by atoms with Crippen LogP contribution in [0, 0.1) is 0 Å². The Morgan fingerprint density at radius 3 is 2.33 bits per heavy atom. The minimum absolute atomic E-state index is 0.0498. The average Bonchev–Trinajstić information content (AvgIpc) is 2.78. The van der Waals surface area contributed by atoms with E-state index in [1.165, 1.54) is 0 Å². The van der Waals surface area contributed by atoms with Crippen LogP contribution in [0.1, 0.15) is 15.9 Å². The molecule has 0 atom stereocenters. The number of rotatable bonds is 4. The van der Waals surface area contributed by atoms with E-state index in [4.69, 9.17) is 10.5 Å². The zero-order valence-electron chi connectivity index (χ0n) is 11.6. The van der Waals surface area contributed by atoms with Gasteiger partial charge in [0, 0.05) is 23.4 Å². The van der Waals surface area contributed by atoms with Crippen molar-refractivity contribution in [1.29, 1.82) is 0 Å². The SMILES string of the molecule is C=C1c2ccccc2C(=O)N1c1ccc(OCCN)cc1. The normalized spacial score (nSPS) is 13.5. The molecular formula is C17H16N2O2. The van der Waals surface area contributed by atoms with Crippen molar-refractivity contribution in [2.75, 3.05) is 18.1 Å². The average molecular weight is 280 g/mol. The second-order valence-corrected chi connectivity index (χ2v) is 4.76. The fraction of sp³-hybridized carbons (Fsp3) is 0.118. The molecule has 1 aliphatic heterocycles. The fourth-order valence-corrected chi connectivity index (χ4v) is 2.43. The maximum atomic E-state index is 12.5. The first-order chi connectivity index (χ1) is 10.2. The van der Waals surface area contributed by atoms with Gasteiger partial charge < -0.3 is 10.5 Å². The minimum atomic E-state index is -0.0498. The molecule has 0 saturated heterocycles. The molecule has 2 aromatic carbocycles. The molecule has 21 heavy (non-hydrogen) atoms. The summed E-state index contributed by atoms with van der Waals surface area (Å²) in [7, 11) is 0. The van der Waals surface area contributed by atoms with Gasteiger partial charge in [-0.05, 0) is 30.3 Å². The summed E-state index contributed by atoms with van der Waals surface area (Å²) in [6.45, 7) is 4.98. The lowest BCUT2D eigenvalue weighted by molar-refractivity contribution is 0.101. The number of hydrogen-bond donors (Lipinski definition) is 1. The van der Waals surface area contributed by atoms with Crippen LogP contribution in [-0.4, -0.2) is 19.1 Å². The van der Waals surface area contributed by atoms with Gasteiger partial charge in [0.1, 0.15) is 12.4 Å². The molecule has 1 heterocycles. The Bertz CT molecular complexity index is 657. The van der Waals surface area contributed by atoms with Crippen molar-refractivity contribution in [3.63, 3.8) is 0 Å². The third kappa shape index (κ3) is 2.30. The predicted molar refractivity (Wildman–Crippen MR) is 83.3 cm³/mol. The van der Waals surface area contributed by atoms with Crippen molar-refractivity contribution >= 4 is 17.3 Å². The van der Waals surface area contributed by atoms with E-state index in [1.807, 2.05) is 48.5 Å². The van der Waals surface area contributed by atoms with Crippen LogP contribution < -0.4 is 15.4 Å². The fourth-order valence-electron chi connectivity index (χ4n) is 2.43. The summed E-state index contributed by atoms with van der Waals surface area (Å²) < 4.78 is 5.44. The van der Waals surface area contributed by atoms with Crippen LogP contribution >= 0.6 is 0 Å². The lowest BCUT2D eigenvalue weighted by Gasteiger charge is -2.18. The van der Waals surface area contributed by atoms with Crippen LogP contribution in [0.3, 0.4) is 0 Å². The molecule has 3 rings (SSSR count). The van der Waals surface area contributed by atoms with Crippen LogP contribution in [-0.2, 0) is 0 Å². The summed E-state index contributed by atoms with van der Waals surface area (Å²) in [4.78, 5) is 14.1. The minimum Gasteiger partial charge on any atom is -0.492 e. The van der Waals surface area contributed by atoms with Gasteiger partial charge >= 0.3 is 0 Å². The molecule has 0 fully saturated rings. The Hall–Kier alpha value is -2.59. The topological polar surface area (TPSA) is 55.6 Å². The molecular weight excluding hydrogens is 264 g/mol. The molecule has 0 radical (unpaired) electrons. The van der Waals surface area contributed by atoms with Gasteiger partial charge in [0.25, 0.3) is 5.91 Å². The maximum absolute atomic E-state index is 12.5. The number of fused-ring (bicyclic) bond motifs is 1. The van der Waals surface area contributed by atoms with Crippen LogP contribution in [0.5, 0.6) is 5.75 Å². The first-order valence-electron chi connectivity index (χ1n) is 6.78. The lowest BCUT2D eigenvalue weighted by Crippen LogP contribution is -2.21. The van der Waals surface area contributed by atoms with Crippen LogP contribution in [0.4, 0.5) is 5.69 Å². The van der Waals surface area contributed by atoms with Crippen molar-refractivity contribution in [2.24, 2.45) is 5.73 Å². The van der Waals surface area contributed by atoms with Gasteiger partial charge in [0.2, 0.25) is 0 Å². The van der Waals surface area contributed by atoms with E-state index in [2.05, 4.69) is 6.58 Å². The zero-order chi connectivity index (χ0) is 14.8. The molecule has 0 aromatic heterocycles. The van der Waals surface area contributed by atoms with Gasteiger partial charge in [-0.2, -0.15) is 0 Å². The number of amides is 1. The standard InChI is InChI=1S/C17H16N2O2/c1-12-15-4-2-3-5-16(15)17(20)19(12)13-6-8-14(9-7-13)21-11-10-18/h2-9H,1,10-11,18H2. The number of ether oxygens (including phenoxy) is 1. The Morgan fingerprint density at radius 2 is 1.71 bits per heavy atom. The number of benzene rings is 2. The number of nitrogens with zero attached hydrogens (tertiary/aromatic N) is 1. The smallest absolute Gasteiger partial charge is 0.263 e. The summed E-state index contributed by atoms with van der Waals surface area (Å²) in [5.41, 5.74) is 8.45. The number of carbonyl (C=O) groups is 1. The molecule has 2 N–H and O–H groups in total. The van der Waals surface area contributed by atoms with Crippen LogP contribution in [0.25, 0.3) is 5.70 Å². The highest BCUT2D eigenvalue weighted by Crippen LogP contribution is 2.35. The van der Waals surface area contributed by atoms with Gasteiger partial charge in [-0.1, -0.05) is 24.8 Å². The summed E-state index contributed by atoms with van der Waals surface area (Å²) in [6.07, 6.45) is 0. The van der Waals surface area contributed by atoms with E-state index >= 15 is 0 Å². The molecule has 0 spiro atoms. The molecule has 106 valence electrons. The van der Waals surface area contributed by atoms with E-state index in [9.17, 15) is 4.79 Å². The Kier molecular flexibility index (Phi) is 3.46. The molecule has 4 nitrogen and oxygen atoms in total. The van der Waals surface area contributed by atoms with Gasteiger partial charge in [-0.3, -0.25) is 9.69 Å². The second-order valence-electron chi connectivity index (χ2n) is 4.76. The van der Waals surface area contributed by atoms with Gasteiger partial charge in [-0.25, -0.2) is 0 Å². The molecule has 1 amide bonds. The maximum Gasteiger partial charge on any atom is 0.263 e. The second kappa shape index (κ2) is 5.42. The highest BCUT2D eigenvalue weighted by atomic mass is 16.5. The highest BCUT2D eigenvalue weighted by Gasteiger charge is 2.31. The summed E-state index contributed by atoms with van der Waals surface area (Å²) in [5.74, 6) is 0.685. The highest BCUT2D eigenvalue weighted by molar-refractivity contribution is 6.21. The molecule has 1 aliphatic rings. The molecule has 0 bridgehead atoms. The summed E-state index contributed by atoms with van der Waals surface area (Å²) in [6, 6.07) is 14.8. The zero-order valence-corrected chi connectivity index (χ0v) is 11.6. The quantitative estimate of drug-likeness (QED) is 0.936. The lowest BCUT2D eigenvalue weighted by atomic mass is 10.1. The van der Waals surface area contributed by atoms with Crippen LogP contribution in [0.2, 0.25) is 0 Å². The predicted octanol–water partition coefficient (Wildman–Crippen LogP) is 2.66. The van der Waals surface area contributed by atoms with Crippen molar-refractivity contribution in [2.45, 2.75) is 0 Å². The van der Waals surface area contributed by atoms with Gasteiger partial charge in [0.15, 0.2) is 0 Å². The van der Waals surface area contributed by atoms with Crippen molar-refractivity contribution < 1.29 is 9.53 Å². The van der Waals surface area contributed by atoms with E-state index < -0.39 is 0 Å². The van der Waals surface area contributed by atoms with Crippen molar-refractivity contribution in [3.8, 4) is 5.75 Å². The van der Waals surface area contributed by atoms with Crippen molar-refractivity contribution in [1.82, 2.24) is 0 Å². The molecule has 0 saturated carbocycles. The van der Waals surface area contributed by atoms with Gasteiger partial charge in [-0.15, -0.1) is 0 Å². The number of hydrogen-bond acceptors (Lipinski definition) is 3. The van der Waals surface area contributed by atoms with E-state index in [0.717, 1.165) is 17.0 Å². The third-order valence-electron chi connectivity index (χ3n) is 3.42. The number of carbonyl (C=O) groups excluding carboxylic acids is 1. The monoisotopic (exact) mass is 280 g/mol. The molecule has 2 aromatic rings. The Morgan fingerprint density at radius 1 is 1.05 bits per heavy atom. The molecule has 4 heteroatoms. The first-order valence-corrected chi connectivity index (χ1v) is 6.78. The first kappa shape index (κ1) is 13.4. The number of nitrogens with two attached hydrogens (primary N) is 1. The third-order valence-corrected chi connectivity index (χ3v) is 3.42. The van der Waals surface area contributed by atoms with E-state index in [-0.39, 0.29) is 5.91 Å². The Labute approximate surface area is 123 Å². The molecule has 0 unspecified atom stereocenters.